The summed E-state index contributed by atoms with van der Waals surface area (Å²) in [7, 11) is 2.07. The van der Waals surface area contributed by atoms with Gasteiger partial charge in [0.05, 0.1) is 6.04 Å². The van der Waals surface area contributed by atoms with Crippen LogP contribution in [0.5, 0.6) is 0 Å². The molecule has 0 spiro atoms. The van der Waals surface area contributed by atoms with Crippen LogP contribution in [0.25, 0.3) is 0 Å². The lowest BCUT2D eigenvalue weighted by Gasteiger charge is -2.37. The maximum Gasteiger partial charge on any atom is 0.257 e. The van der Waals surface area contributed by atoms with Gasteiger partial charge in [-0.1, -0.05) is 17.8 Å². The van der Waals surface area contributed by atoms with Crippen molar-refractivity contribution >= 4 is 23.5 Å². The summed E-state index contributed by atoms with van der Waals surface area (Å²) in [6.07, 6.45) is 5.64. The number of fused-ring (bicyclic) bond motifs is 1. The lowest BCUT2D eigenvalue weighted by atomic mass is 10.0. The van der Waals surface area contributed by atoms with Gasteiger partial charge in [-0.15, -0.1) is 0 Å². The van der Waals surface area contributed by atoms with E-state index in [0.717, 1.165) is 42.7 Å². The number of likely N-dealkylation sites (tertiary alicyclic amines) is 1. The number of thioether (sulfide) groups is 1. The van der Waals surface area contributed by atoms with Crippen LogP contribution in [0.4, 0.5) is 5.82 Å². The molecule has 2 aromatic rings. The monoisotopic (exact) mass is 399 g/mol. The minimum atomic E-state index is -0.0960. The summed E-state index contributed by atoms with van der Waals surface area (Å²) in [6, 6.07) is 6.21. The third-order valence-electron chi connectivity index (χ3n) is 5.69. The number of amides is 1. The molecule has 28 heavy (non-hydrogen) atoms. The minimum Gasteiger partial charge on any atom is -0.357 e. The molecule has 4 rings (SSSR count). The molecule has 8 heteroatoms. The van der Waals surface area contributed by atoms with Gasteiger partial charge in [-0.2, -0.15) is 0 Å². The fraction of sp³-hybridized carbons (Fsp3) is 0.500. The number of hydrogen-bond acceptors (Lipinski definition) is 6. The Labute approximate surface area is 168 Å². The van der Waals surface area contributed by atoms with Crippen molar-refractivity contribution in [3.8, 4) is 0 Å². The summed E-state index contributed by atoms with van der Waals surface area (Å²) in [6.45, 7) is 3.26. The first kappa shape index (κ1) is 19.0. The molecule has 1 amide bonds. The van der Waals surface area contributed by atoms with E-state index < -0.39 is 0 Å². The Balaban J connectivity index is 1.36. The minimum absolute atomic E-state index is 0.0245. The van der Waals surface area contributed by atoms with Gasteiger partial charge < -0.3 is 9.80 Å². The highest BCUT2D eigenvalue weighted by Crippen LogP contribution is 2.32. The van der Waals surface area contributed by atoms with Crippen LogP contribution >= 0.6 is 11.8 Å². The van der Waals surface area contributed by atoms with E-state index in [9.17, 15) is 9.59 Å². The van der Waals surface area contributed by atoms with Crippen molar-refractivity contribution in [1.29, 1.82) is 0 Å². The number of hydrogen-bond donors (Lipinski definition) is 0. The molecule has 7 nitrogen and oxygen atoms in total. The second-order valence-electron chi connectivity index (χ2n) is 7.48. The van der Waals surface area contributed by atoms with Gasteiger partial charge >= 0.3 is 0 Å². The van der Waals surface area contributed by atoms with Gasteiger partial charge in [-0.3, -0.25) is 14.2 Å². The summed E-state index contributed by atoms with van der Waals surface area (Å²) in [4.78, 5) is 38.2. The standard InChI is InChI=1S/C20H25N5O2S/c1-14-12-22-20-25(19(14)27)16(13-28-20)11-18(26)24-9-6-15(7-10-24)23(2)17-5-3-4-8-21-17/h3-5,8,12,15-16H,6-7,9-11,13H2,1-2H3. The van der Waals surface area contributed by atoms with Crippen molar-refractivity contribution in [3.63, 3.8) is 0 Å². The Hall–Kier alpha value is -2.35. The molecule has 1 unspecified atom stereocenters. The van der Waals surface area contributed by atoms with Crippen LogP contribution in [0.1, 0.15) is 30.9 Å². The molecular formula is C20H25N5O2S. The normalized spacial score (nSPS) is 19.5. The van der Waals surface area contributed by atoms with Crippen LogP contribution in [0.3, 0.4) is 0 Å². The Morgan fingerprint density at radius 2 is 2.07 bits per heavy atom. The highest BCUT2D eigenvalue weighted by Gasteiger charge is 2.31. The maximum absolute atomic E-state index is 12.9. The van der Waals surface area contributed by atoms with E-state index in [1.165, 1.54) is 0 Å². The molecule has 1 fully saturated rings. The number of pyridine rings is 1. The third-order valence-corrected chi connectivity index (χ3v) is 6.80. The van der Waals surface area contributed by atoms with Crippen LogP contribution in [0.15, 0.2) is 40.5 Å². The lowest BCUT2D eigenvalue weighted by molar-refractivity contribution is -0.132. The fourth-order valence-corrected chi connectivity index (χ4v) is 5.06. The van der Waals surface area contributed by atoms with E-state index >= 15 is 0 Å². The van der Waals surface area contributed by atoms with Crippen LogP contribution < -0.4 is 10.5 Å². The Kier molecular flexibility index (Phi) is 5.39. The van der Waals surface area contributed by atoms with Crippen molar-refractivity contribution in [3.05, 3.63) is 46.5 Å². The summed E-state index contributed by atoms with van der Waals surface area (Å²) >= 11 is 1.56. The summed E-state index contributed by atoms with van der Waals surface area (Å²) in [5.41, 5.74) is 0.602. The Morgan fingerprint density at radius 1 is 1.29 bits per heavy atom. The van der Waals surface area contributed by atoms with Crippen molar-refractivity contribution < 1.29 is 4.79 Å². The average Bonchev–Trinajstić information content (AvgIpc) is 3.14. The SMILES string of the molecule is Cc1cnc2n(c1=O)C(CC(=O)N1CCC(N(C)c3ccccn3)CC1)CS2. The zero-order valence-electron chi connectivity index (χ0n) is 16.2. The maximum atomic E-state index is 12.9. The molecule has 0 radical (unpaired) electrons. The molecule has 0 bridgehead atoms. The van der Waals surface area contributed by atoms with Crippen LogP contribution in [-0.4, -0.2) is 57.3 Å². The van der Waals surface area contributed by atoms with Gasteiger partial charge in [0, 0.05) is 56.3 Å². The molecule has 4 heterocycles. The highest BCUT2D eigenvalue weighted by molar-refractivity contribution is 7.99. The number of aromatic nitrogens is 3. The average molecular weight is 400 g/mol. The topological polar surface area (TPSA) is 71.3 Å². The van der Waals surface area contributed by atoms with Gasteiger partial charge in [0.15, 0.2) is 5.16 Å². The second-order valence-corrected chi connectivity index (χ2v) is 8.47. The van der Waals surface area contributed by atoms with E-state index in [1.54, 1.807) is 35.6 Å². The van der Waals surface area contributed by atoms with E-state index in [4.69, 9.17) is 0 Å². The van der Waals surface area contributed by atoms with E-state index in [0.29, 0.717) is 18.0 Å². The van der Waals surface area contributed by atoms with Gasteiger partial charge in [0.1, 0.15) is 5.82 Å². The zero-order chi connectivity index (χ0) is 19.7. The number of carbonyl (C=O) groups is 1. The first-order chi connectivity index (χ1) is 13.5. The summed E-state index contributed by atoms with van der Waals surface area (Å²) < 4.78 is 1.71. The number of rotatable bonds is 4. The van der Waals surface area contributed by atoms with E-state index in [-0.39, 0.29) is 17.5 Å². The molecule has 1 atom stereocenters. The van der Waals surface area contributed by atoms with Crippen molar-refractivity contribution in [2.24, 2.45) is 0 Å². The largest absolute Gasteiger partial charge is 0.357 e. The van der Waals surface area contributed by atoms with E-state index in [1.807, 2.05) is 23.1 Å². The zero-order valence-corrected chi connectivity index (χ0v) is 17.1. The van der Waals surface area contributed by atoms with Gasteiger partial charge in [0.2, 0.25) is 5.91 Å². The molecule has 0 saturated carbocycles. The molecule has 148 valence electrons. The number of nitrogens with zero attached hydrogens (tertiary/aromatic N) is 5. The number of carbonyl (C=O) groups excluding carboxylic acids is 1. The fourth-order valence-electron chi connectivity index (χ4n) is 3.95. The van der Waals surface area contributed by atoms with Gasteiger partial charge in [0.25, 0.3) is 5.56 Å². The predicted octanol–water partition coefficient (Wildman–Crippen LogP) is 2.11. The first-order valence-electron chi connectivity index (χ1n) is 9.67. The smallest absolute Gasteiger partial charge is 0.257 e. The van der Waals surface area contributed by atoms with Crippen LogP contribution in [-0.2, 0) is 4.79 Å². The van der Waals surface area contributed by atoms with Gasteiger partial charge in [-0.25, -0.2) is 9.97 Å². The number of aryl methyl sites for hydroxylation is 1. The van der Waals surface area contributed by atoms with Crippen LogP contribution in [0, 0.1) is 6.92 Å². The van der Waals surface area contributed by atoms with E-state index in [2.05, 4.69) is 21.9 Å². The van der Waals surface area contributed by atoms with Crippen molar-refractivity contribution in [1.82, 2.24) is 19.4 Å². The van der Waals surface area contributed by atoms with Crippen molar-refractivity contribution in [2.75, 3.05) is 30.8 Å². The number of anilines is 1. The second kappa shape index (κ2) is 7.95. The molecule has 2 aromatic heterocycles. The molecule has 1 saturated heterocycles. The van der Waals surface area contributed by atoms with Gasteiger partial charge in [-0.05, 0) is 31.9 Å². The van der Waals surface area contributed by atoms with Crippen molar-refractivity contribution in [2.45, 2.75) is 43.4 Å². The molecule has 2 aliphatic rings. The molecule has 0 aliphatic carbocycles. The summed E-state index contributed by atoms with van der Waals surface area (Å²) in [5.74, 6) is 1.83. The number of piperidine rings is 1. The quantitative estimate of drug-likeness (QED) is 0.734. The molecule has 0 aromatic carbocycles. The Morgan fingerprint density at radius 3 is 2.79 bits per heavy atom. The summed E-state index contributed by atoms with van der Waals surface area (Å²) in [5, 5.41) is 0.726. The van der Waals surface area contributed by atoms with Crippen LogP contribution in [0.2, 0.25) is 0 Å². The predicted molar refractivity (Wildman–Crippen MR) is 110 cm³/mol. The third kappa shape index (κ3) is 3.65. The Bertz CT molecular complexity index is 909. The lowest BCUT2D eigenvalue weighted by Crippen LogP contribution is -2.46. The first-order valence-corrected chi connectivity index (χ1v) is 10.7. The molecule has 0 N–H and O–H groups in total. The molecular weight excluding hydrogens is 374 g/mol. The highest BCUT2D eigenvalue weighted by atomic mass is 32.2. The molecule has 2 aliphatic heterocycles.